The summed E-state index contributed by atoms with van der Waals surface area (Å²) in [4.78, 5) is 15.2. The number of rotatable bonds is 5. The maximum absolute atomic E-state index is 11.0. The molecule has 5 nitrogen and oxygen atoms in total. The molecule has 1 aliphatic rings. The Hall–Kier alpha value is -3.12. The van der Waals surface area contributed by atoms with Crippen LogP contribution in [0.1, 0.15) is 11.1 Å². The summed E-state index contributed by atoms with van der Waals surface area (Å²) in [5.74, 6) is -0.401. The maximum Gasteiger partial charge on any atom is 0.341 e. The molecule has 2 aromatic heterocycles. The molecule has 4 aromatic rings. The van der Waals surface area contributed by atoms with Gasteiger partial charge in [0.15, 0.2) is 6.61 Å². The highest BCUT2D eigenvalue weighted by Gasteiger charge is 2.20. The lowest BCUT2D eigenvalue weighted by Crippen LogP contribution is -2.10. The molecular formula is C23H17BrN2O3. The van der Waals surface area contributed by atoms with Crippen LogP contribution in [0, 0.1) is 0 Å². The van der Waals surface area contributed by atoms with E-state index in [-0.39, 0.29) is 6.61 Å². The molecule has 0 bridgehead atoms. The van der Waals surface area contributed by atoms with E-state index >= 15 is 0 Å². The van der Waals surface area contributed by atoms with Crippen LogP contribution in [-0.4, -0.2) is 27.2 Å². The van der Waals surface area contributed by atoms with Crippen molar-refractivity contribution in [3.8, 4) is 5.75 Å². The highest BCUT2D eigenvalue weighted by Crippen LogP contribution is 2.39. The van der Waals surface area contributed by atoms with E-state index in [1.807, 2.05) is 30.5 Å². The van der Waals surface area contributed by atoms with Gasteiger partial charge in [-0.2, -0.15) is 0 Å². The van der Waals surface area contributed by atoms with E-state index in [0.717, 1.165) is 50.2 Å². The van der Waals surface area contributed by atoms with Gasteiger partial charge >= 0.3 is 5.97 Å². The fourth-order valence-electron chi connectivity index (χ4n) is 4.05. The van der Waals surface area contributed by atoms with Crippen molar-refractivity contribution in [1.29, 1.82) is 0 Å². The molecule has 0 fully saturated rings. The summed E-state index contributed by atoms with van der Waals surface area (Å²) in [7, 11) is 0. The van der Waals surface area contributed by atoms with Crippen LogP contribution in [0.25, 0.3) is 28.0 Å². The zero-order valence-corrected chi connectivity index (χ0v) is 17.0. The second kappa shape index (κ2) is 7.04. The number of halogens is 1. The van der Waals surface area contributed by atoms with Crippen molar-refractivity contribution >= 4 is 49.9 Å². The highest BCUT2D eigenvalue weighted by molar-refractivity contribution is 9.10. The number of aromatic nitrogens is 2. The summed E-state index contributed by atoms with van der Waals surface area (Å²) in [6, 6.07) is 14.2. The summed E-state index contributed by atoms with van der Waals surface area (Å²) in [6.45, 7) is -0.354. The number of hydrogen-bond donors (Lipinski definition) is 1. The minimum Gasteiger partial charge on any atom is -0.482 e. The lowest BCUT2D eigenvalue weighted by Gasteiger charge is -2.18. The average molecular weight is 449 g/mol. The quantitative estimate of drug-likeness (QED) is 0.463. The molecular weight excluding hydrogens is 432 g/mol. The number of benzene rings is 2. The third kappa shape index (κ3) is 3.29. The molecule has 0 atom stereocenters. The van der Waals surface area contributed by atoms with Gasteiger partial charge in [-0.3, -0.25) is 4.98 Å². The number of pyridine rings is 1. The van der Waals surface area contributed by atoms with Gasteiger partial charge in [-0.25, -0.2) is 4.79 Å². The van der Waals surface area contributed by atoms with Crippen molar-refractivity contribution in [1.82, 2.24) is 9.55 Å². The Morgan fingerprint density at radius 2 is 2.10 bits per heavy atom. The number of carbonyl (C=O) groups is 1. The van der Waals surface area contributed by atoms with Crippen LogP contribution < -0.4 is 4.74 Å². The van der Waals surface area contributed by atoms with E-state index in [1.54, 1.807) is 6.20 Å². The summed E-state index contributed by atoms with van der Waals surface area (Å²) in [6.07, 6.45) is 7.48. The largest absolute Gasteiger partial charge is 0.482 e. The highest BCUT2D eigenvalue weighted by atomic mass is 79.9. The molecule has 29 heavy (non-hydrogen) atoms. The smallest absolute Gasteiger partial charge is 0.341 e. The van der Waals surface area contributed by atoms with Gasteiger partial charge in [0.05, 0.1) is 11.0 Å². The van der Waals surface area contributed by atoms with Crippen LogP contribution >= 0.6 is 15.9 Å². The van der Waals surface area contributed by atoms with Gasteiger partial charge in [-0.1, -0.05) is 28.1 Å². The van der Waals surface area contributed by atoms with Crippen LogP contribution in [-0.2, 0) is 17.6 Å². The molecule has 1 N–H and O–H groups in total. The number of fused-ring (bicyclic) bond motifs is 3. The number of aliphatic carboxylic acids is 1. The third-order valence-corrected chi connectivity index (χ3v) is 5.65. The van der Waals surface area contributed by atoms with Crippen LogP contribution in [0.3, 0.4) is 0 Å². The normalized spacial score (nSPS) is 12.9. The molecule has 3 heterocycles. The molecule has 0 saturated carbocycles. The number of carboxylic acid groups (broad SMARTS) is 1. The monoisotopic (exact) mass is 448 g/mol. The Morgan fingerprint density at radius 3 is 2.90 bits per heavy atom. The first-order valence-corrected chi connectivity index (χ1v) is 10.1. The summed E-state index contributed by atoms with van der Waals surface area (Å²) < 4.78 is 8.78. The summed E-state index contributed by atoms with van der Waals surface area (Å²) in [5, 5.41) is 11.2. The Morgan fingerprint density at radius 1 is 1.21 bits per heavy atom. The Labute approximate surface area is 175 Å². The number of nitrogens with zero attached hydrogens (tertiary/aromatic N) is 2. The minimum atomic E-state index is -0.984. The van der Waals surface area contributed by atoms with E-state index in [9.17, 15) is 4.79 Å². The SMILES string of the molecule is O=C(O)COc1cc2c3c(c1)c1ccc(Br)cc1n3C=C(Cc1cccnc1)C2. The van der Waals surface area contributed by atoms with Gasteiger partial charge in [0.25, 0.3) is 0 Å². The maximum atomic E-state index is 11.0. The van der Waals surface area contributed by atoms with Crippen LogP contribution in [0.2, 0.25) is 0 Å². The molecule has 0 unspecified atom stereocenters. The van der Waals surface area contributed by atoms with Gasteiger partial charge < -0.3 is 14.4 Å². The predicted octanol–water partition coefficient (Wildman–Crippen LogP) is 5.06. The average Bonchev–Trinajstić information content (AvgIpc) is 3.01. The fraction of sp³-hybridized carbons (Fsp3) is 0.130. The second-order valence-electron chi connectivity index (χ2n) is 7.19. The molecule has 5 rings (SSSR count). The van der Waals surface area contributed by atoms with Crippen molar-refractivity contribution in [2.24, 2.45) is 0 Å². The first kappa shape index (κ1) is 17.9. The number of ether oxygens (including phenoxy) is 1. The lowest BCUT2D eigenvalue weighted by atomic mass is 9.96. The first-order chi connectivity index (χ1) is 14.1. The van der Waals surface area contributed by atoms with Gasteiger partial charge in [0.2, 0.25) is 0 Å². The van der Waals surface area contributed by atoms with Crippen molar-refractivity contribution in [3.63, 3.8) is 0 Å². The topological polar surface area (TPSA) is 64.3 Å². The van der Waals surface area contributed by atoms with E-state index in [4.69, 9.17) is 9.84 Å². The van der Waals surface area contributed by atoms with Crippen molar-refractivity contribution in [3.05, 3.63) is 76.0 Å². The predicted molar refractivity (Wildman–Crippen MR) is 116 cm³/mol. The first-order valence-electron chi connectivity index (χ1n) is 9.27. The van der Waals surface area contributed by atoms with Gasteiger partial charge in [0, 0.05) is 33.8 Å². The number of carboxylic acids is 1. The number of hydrogen-bond acceptors (Lipinski definition) is 3. The van der Waals surface area contributed by atoms with Crippen molar-refractivity contribution < 1.29 is 14.6 Å². The van der Waals surface area contributed by atoms with E-state index in [1.165, 1.54) is 5.57 Å². The van der Waals surface area contributed by atoms with Gasteiger partial charge in [-0.15, -0.1) is 0 Å². The zero-order valence-electron chi connectivity index (χ0n) is 15.4. The molecule has 0 spiro atoms. The Bertz CT molecular complexity index is 1290. The molecule has 0 saturated heterocycles. The van der Waals surface area contributed by atoms with Gasteiger partial charge in [-0.05, 0) is 59.9 Å². The second-order valence-corrected chi connectivity index (χ2v) is 8.11. The summed E-state index contributed by atoms with van der Waals surface area (Å²) in [5.41, 5.74) is 5.82. The van der Waals surface area contributed by atoms with Crippen LogP contribution in [0.4, 0.5) is 0 Å². The Kier molecular flexibility index (Phi) is 4.36. The van der Waals surface area contributed by atoms with Crippen molar-refractivity contribution in [2.75, 3.05) is 6.61 Å². The van der Waals surface area contributed by atoms with E-state index in [0.29, 0.717) is 5.75 Å². The van der Waals surface area contributed by atoms with Crippen molar-refractivity contribution in [2.45, 2.75) is 12.8 Å². The molecule has 0 radical (unpaired) electrons. The fourth-order valence-corrected chi connectivity index (χ4v) is 4.40. The molecule has 0 aliphatic carbocycles. The minimum absolute atomic E-state index is 0.354. The Balaban J connectivity index is 1.68. The van der Waals surface area contributed by atoms with Crippen LogP contribution in [0.15, 0.2) is 64.9 Å². The number of allylic oxidation sites excluding steroid dienone is 1. The molecule has 2 aromatic carbocycles. The molecule has 6 heteroatoms. The standard InChI is InChI=1S/C23H17BrN2O3/c24-17-3-4-19-20-10-18(29-13-22(27)28)8-16-7-15(6-14-2-1-5-25-11-14)12-26(23(16)20)21(19)9-17/h1-5,8-12H,6-7,13H2,(H,27,28). The lowest BCUT2D eigenvalue weighted by molar-refractivity contribution is -0.139. The molecule has 1 aliphatic heterocycles. The summed E-state index contributed by atoms with van der Waals surface area (Å²) >= 11 is 3.58. The van der Waals surface area contributed by atoms with E-state index in [2.05, 4.69) is 49.9 Å². The third-order valence-electron chi connectivity index (χ3n) is 5.16. The molecule has 0 amide bonds. The van der Waals surface area contributed by atoms with Gasteiger partial charge in [0.1, 0.15) is 5.75 Å². The molecule has 144 valence electrons. The zero-order chi connectivity index (χ0) is 20.0. The van der Waals surface area contributed by atoms with E-state index < -0.39 is 5.97 Å². The van der Waals surface area contributed by atoms with Crippen LogP contribution in [0.5, 0.6) is 5.75 Å².